The van der Waals surface area contributed by atoms with Crippen LogP contribution in [0.1, 0.15) is 12.0 Å². The van der Waals surface area contributed by atoms with Crippen LogP contribution in [0.3, 0.4) is 0 Å². The quantitative estimate of drug-likeness (QED) is 0.706. The first-order chi connectivity index (χ1) is 14.0. The van der Waals surface area contributed by atoms with Gasteiger partial charge in [0.05, 0.1) is 30.3 Å². The van der Waals surface area contributed by atoms with Crippen molar-refractivity contribution in [3.63, 3.8) is 0 Å². The molecule has 2 aliphatic rings. The van der Waals surface area contributed by atoms with Crippen molar-refractivity contribution in [3.8, 4) is 0 Å². The lowest BCUT2D eigenvalue weighted by atomic mass is 10.0. The van der Waals surface area contributed by atoms with Gasteiger partial charge in [0.15, 0.2) is 5.65 Å². The van der Waals surface area contributed by atoms with Crippen LogP contribution in [0.15, 0.2) is 28.3 Å². The molecule has 2 atom stereocenters. The summed E-state index contributed by atoms with van der Waals surface area (Å²) in [5.41, 5.74) is 8.36. The largest absolute Gasteiger partial charge is 0.379 e. The Kier molecular flexibility index (Phi) is 5.51. The second-order valence-electron chi connectivity index (χ2n) is 6.47. The van der Waals surface area contributed by atoms with Crippen LogP contribution in [0.2, 0.25) is 0 Å². The van der Waals surface area contributed by atoms with E-state index in [2.05, 4.69) is 30.4 Å². The number of anilines is 1. The zero-order chi connectivity index (χ0) is 20.4. The molecular weight excluding hydrogens is 400 g/mol. The van der Waals surface area contributed by atoms with Gasteiger partial charge in [-0.3, -0.25) is 0 Å². The number of allylic oxidation sites excluding steroid dienone is 1. The predicted octanol–water partition coefficient (Wildman–Crippen LogP) is 1.04. The van der Waals surface area contributed by atoms with Gasteiger partial charge in [0.2, 0.25) is 5.95 Å². The average molecular weight is 419 g/mol. The zero-order valence-corrected chi connectivity index (χ0v) is 16.3. The van der Waals surface area contributed by atoms with Gasteiger partial charge in [-0.2, -0.15) is 19.6 Å². The second kappa shape index (κ2) is 8.23. The maximum Gasteiger partial charge on any atom is 0.342 e. The summed E-state index contributed by atoms with van der Waals surface area (Å²) in [5.74, 6) is 0.294. The van der Waals surface area contributed by atoms with Crippen LogP contribution < -0.4 is 11.1 Å². The van der Waals surface area contributed by atoms with Gasteiger partial charge in [0.1, 0.15) is 12.1 Å². The van der Waals surface area contributed by atoms with Gasteiger partial charge >= 0.3 is 6.03 Å². The standard InChI is InChI=1S/C17H19ClN8O3/c1-28-12-4-2-3-11(13(12)18)23-16-24-14-9(6-21-26(14)15(19)25-16)5-10-7-29-8-20-17(27)22-10/h2-3,6,12-13H,4-5,7-8H2,1H3,(H,20,27)(H2,19,24,25). The Labute approximate surface area is 170 Å². The number of nitrogens with zero attached hydrogens (tertiary/aromatic N) is 6. The molecule has 11 nitrogen and oxygen atoms in total. The van der Waals surface area contributed by atoms with Crippen LogP contribution >= 0.6 is 11.6 Å². The third kappa shape index (κ3) is 4.11. The number of amides is 2. The number of methoxy groups -OCH3 is 1. The summed E-state index contributed by atoms with van der Waals surface area (Å²) in [6.45, 7) is 0.343. The minimum Gasteiger partial charge on any atom is -0.379 e. The number of hydrogen-bond donors (Lipinski definition) is 2. The number of nitrogen functional groups attached to an aromatic ring is 1. The molecule has 0 fully saturated rings. The highest BCUT2D eigenvalue weighted by atomic mass is 35.5. The number of nitrogens with two attached hydrogens (primary N) is 1. The van der Waals surface area contributed by atoms with Crippen molar-refractivity contribution in [2.45, 2.75) is 24.3 Å². The van der Waals surface area contributed by atoms with Gasteiger partial charge in [-0.25, -0.2) is 14.8 Å². The topological polar surface area (TPSA) is 141 Å². The Morgan fingerprint density at radius 3 is 3.17 bits per heavy atom. The number of halogens is 1. The summed E-state index contributed by atoms with van der Waals surface area (Å²) in [5, 5.41) is 6.30. The van der Waals surface area contributed by atoms with Crippen LogP contribution in [0.4, 0.5) is 16.7 Å². The summed E-state index contributed by atoms with van der Waals surface area (Å²) in [7, 11) is 1.61. The molecule has 0 saturated heterocycles. The van der Waals surface area contributed by atoms with Gasteiger partial charge in [-0.05, 0) is 12.5 Å². The molecule has 0 saturated carbocycles. The van der Waals surface area contributed by atoms with E-state index in [1.807, 2.05) is 12.2 Å². The first kappa shape index (κ1) is 19.4. The number of alkyl halides is 1. The number of urea groups is 1. The highest BCUT2D eigenvalue weighted by molar-refractivity contribution is 6.35. The number of hydrogen-bond acceptors (Lipinski definition) is 8. The monoisotopic (exact) mass is 418 g/mol. The molecule has 152 valence electrons. The van der Waals surface area contributed by atoms with Crippen molar-refractivity contribution in [2.75, 3.05) is 26.2 Å². The van der Waals surface area contributed by atoms with Gasteiger partial charge in [-0.15, -0.1) is 11.6 Å². The van der Waals surface area contributed by atoms with Crippen molar-refractivity contribution in [3.05, 3.63) is 23.9 Å². The molecule has 3 heterocycles. The lowest BCUT2D eigenvalue weighted by molar-refractivity contribution is 0.112. The molecule has 3 N–H and O–H groups in total. The number of aliphatic imine (C=N–C) groups is 2. The maximum absolute atomic E-state index is 11.6. The minimum atomic E-state index is -0.444. The normalized spacial score (nSPS) is 23.9. The van der Waals surface area contributed by atoms with Gasteiger partial charge < -0.3 is 20.5 Å². The number of aromatic nitrogens is 4. The molecule has 2 aromatic rings. The summed E-state index contributed by atoms with van der Waals surface area (Å²) in [4.78, 5) is 28.7. The molecule has 0 aromatic carbocycles. The van der Waals surface area contributed by atoms with E-state index in [0.717, 1.165) is 0 Å². The molecular formula is C17H19ClN8O3. The minimum absolute atomic E-state index is 0.118. The lowest BCUT2D eigenvalue weighted by Gasteiger charge is -2.23. The highest BCUT2D eigenvalue weighted by Gasteiger charge is 2.26. The molecule has 29 heavy (non-hydrogen) atoms. The van der Waals surface area contributed by atoms with E-state index in [4.69, 9.17) is 26.8 Å². The Balaban J connectivity index is 1.68. The third-order valence-electron chi connectivity index (χ3n) is 4.50. The fraction of sp³-hybridized carbons (Fsp3) is 0.412. The van der Waals surface area contributed by atoms with Gasteiger partial charge in [0.25, 0.3) is 5.95 Å². The van der Waals surface area contributed by atoms with Crippen molar-refractivity contribution in [1.82, 2.24) is 24.9 Å². The van der Waals surface area contributed by atoms with Crippen LogP contribution in [0.25, 0.3) is 5.65 Å². The summed E-state index contributed by atoms with van der Waals surface area (Å²) in [6.07, 6.45) is 6.22. The summed E-state index contributed by atoms with van der Waals surface area (Å²) < 4.78 is 12.1. The van der Waals surface area contributed by atoms with E-state index in [1.165, 1.54) is 4.52 Å². The van der Waals surface area contributed by atoms with Crippen molar-refractivity contribution in [1.29, 1.82) is 0 Å². The Morgan fingerprint density at radius 1 is 1.48 bits per heavy atom. The van der Waals surface area contributed by atoms with Gasteiger partial charge in [0, 0.05) is 19.1 Å². The number of nitrogens with one attached hydrogen (secondary N) is 1. The predicted molar refractivity (Wildman–Crippen MR) is 107 cm³/mol. The van der Waals surface area contributed by atoms with Crippen LogP contribution in [-0.2, 0) is 15.9 Å². The molecule has 1 aliphatic carbocycles. The first-order valence-electron chi connectivity index (χ1n) is 8.89. The highest BCUT2D eigenvalue weighted by Crippen LogP contribution is 2.22. The van der Waals surface area contributed by atoms with Crippen molar-refractivity contribution in [2.24, 2.45) is 9.98 Å². The van der Waals surface area contributed by atoms with Gasteiger partial charge in [-0.1, -0.05) is 6.08 Å². The summed E-state index contributed by atoms with van der Waals surface area (Å²) in [6, 6.07) is -0.444. The Bertz CT molecular complexity index is 1030. The molecule has 2 aromatic heterocycles. The fourth-order valence-electron chi connectivity index (χ4n) is 3.07. The number of carbonyl (C=O) groups is 1. The van der Waals surface area contributed by atoms with E-state index in [0.29, 0.717) is 35.5 Å². The fourth-order valence-corrected chi connectivity index (χ4v) is 3.40. The molecule has 0 bridgehead atoms. The summed E-state index contributed by atoms with van der Waals surface area (Å²) >= 11 is 6.45. The van der Waals surface area contributed by atoms with Crippen molar-refractivity contribution < 1.29 is 14.3 Å². The Hall–Kier alpha value is -2.89. The van der Waals surface area contributed by atoms with E-state index in [9.17, 15) is 4.79 Å². The van der Waals surface area contributed by atoms with E-state index < -0.39 is 11.4 Å². The third-order valence-corrected chi connectivity index (χ3v) is 5.01. The van der Waals surface area contributed by atoms with Crippen LogP contribution in [-0.4, -0.2) is 69.0 Å². The molecule has 2 amide bonds. The van der Waals surface area contributed by atoms with Crippen LogP contribution in [0.5, 0.6) is 0 Å². The molecule has 2 unspecified atom stereocenters. The number of rotatable bonds is 4. The lowest BCUT2D eigenvalue weighted by Crippen LogP contribution is -2.32. The van der Waals surface area contributed by atoms with Crippen LogP contribution in [0, 0.1) is 0 Å². The molecule has 12 heteroatoms. The first-order valence-corrected chi connectivity index (χ1v) is 9.33. The molecule has 1 aliphatic heterocycles. The second-order valence-corrected chi connectivity index (χ2v) is 6.94. The average Bonchev–Trinajstić information content (AvgIpc) is 2.98. The molecule has 4 rings (SSSR count). The Morgan fingerprint density at radius 2 is 2.34 bits per heavy atom. The number of fused-ring (bicyclic) bond motifs is 1. The smallest absolute Gasteiger partial charge is 0.342 e. The van der Waals surface area contributed by atoms with E-state index >= 15 is 0 Å². The SMILES string of the molecule is COC1CC=CC(=Nc2nc(N)n3ncc(CC4=NC(=O)NCOC4)c3n2)C1Cl. The van der Waals surface area contributed by atoms with E-state index in [1.54, 1.807) is 13.3 Å². The van der Waals surface area contributed by atoms with E-state index in [-0.39, 0.29) is 31.3 Å². The zero-order valence-electron chi connectivity index (χ0n) is 15.6. The molecule has 0 spiro atoms. The maximum atomic E-state index is 11.6. The number of carbonyl (C=O) groups excluding carboxylic acids is 1. The number of ether oxygens (including phenoxy) is 2. The molecule has 0 radical (unpaired) electrons. The van der Waals surface area contributed by atoms with Crippen molar-refractivity contribution >= 4 is 46.6 Å².